The van der Waals surface area contributed by atoms with Crippen LogP contribution in [0.15, 0.2) is 30.3 Å². The molecule has 0 radical (unpaired) electrons. The number of carbonyl (C=O) groups excluding carboxylic acids is 1. The third-order valence-electron chi connectivity index (χ3n) is 3.64. The Bertz CT molecular complexity index is 635. The first-order chi connectivity index (χ1) is 10.5. The number of aliphatic hydroxyl groups is 1. The average molecular weight is 301 g/mol. The highest BCUT2D eigenvalue weighted by Gasteiger charge is 2.19. The Morgan fingerprint density at radius 3 is 2.64 bits per heavy atom. The summed E-state index contributed by atoms with van der Waals surface area (Å²) in [5, 5.41) is 17.0. The van der Waals surface area contributed by atoms with Crippen molar-refractivity contribution in [3.63, 3.8) is 0 Å². The lowest BCUT2D eigenvalue weighted by Crippen LogP contribution is -2.32. The number of nitrogens with zero attached hydrogens (tertiary/aromatic N) is 2. The lowest BCUT2D eigenvalue weighted by atomic mass is 10.1. The zero-order valence-electron chi connectivity index (χ0n) is 13.3. The molecular formula is C17H23N3O2. The number of para-hydroxylation sites is 1. The predicted molar refractivity (Wildman–Crippen MR) is 86.3 cm³/mol. The van der Waals surface area contributed by atoms with E-state index in [4.69, 9.17) is 0 Å². The number of hydrogen-bond donors (Lipinski definition) is 2. The molecule has 0 aliphatic carbocycles. The van der Waals surface area contributed by atoms with Crippen molar-refractivity contribution in [2.24, 2.45) is 0 Å². The summed E-state index contributed by atoms with van der Waals surface area (Å²) < 4.78 is 1.77. The number of rotatable bonds is 6. The highest BCUT2D eigenvalue weighted by molar-refractivity contribution is 5.96. The first kappa shape index (κ1) is 16.2. The maximum absolute atomic E-state index is 12.4. The van der Waals surface area contributed by atoms with E-state index in [0.29, 0.717) is 17.7 Å². The van der Waals surface area contributed by atoms with E-state index < -0.39 is 6.10 Å². The van der Waals surface area contributed by atoms with Crippen LogP contribution in [-0.2, 0) is 0 Å². The summed E-state index contributed by atoms with van der Waals surface area (Å²) in [5.74, 6) is -0.188. The van der Waals surface area contributed by atoms with Gasteiger partial charge in [0.15, 0.2) is 0 Å². The predicted octanol–water partition coefficient (Wildman–Crippen LogP) is 2.38. The summed E-state index contributed by atoms with van der Waals surface area (Å²) in [7, 11) is 0. The molecule has 118 valence electrons. The molecule has 0 saturated heterocycles. The van der Waals surface area contributed by atoms with Crippen LogP contribution in [0.4, 0.5) is 0 Å². The Labute approximate surface area is 131 Å². The van der Waals surface area contributed by atoms with Crippen LogP contribution in [0.5, 0.6) is 0 Å². The Morgan fingerprint density at radius 1 is 1.32 bits per heavy atom. The molecule has 0 saturated carbocycles. The van der Waals surface area contributed by atoms with Gasteiger partial charge in [0.2, 0.25) is 0 Å². The molecule has 5 nitrogen and oxygen atoms in total. The van der Waals surface area contributed by atoms with Gasteiger partial charge >= 0.3 is 0 Å². The normalized spacial score (nSPS) is 12.2. The summed E-state index contributed by atoms with van der Waals surface area (Å²) in [6.07, 6.45) is 1.07. The van der Waals surface area contributed by atoms with Gasteiger partial charge in [-0.25, -0.2) is 4.68 Å². The number of aryl methyl sites for hydroxylation is 1. The number of carbonyl (C=O) groups is 1. The number of benzene rings is 1. The van der Waals surface area contributed by atoms with E-state index in [9.17, 15) is 9.90 Å². The second-order valence-corrected chi connectivity index (χ2v) is 5.45. The molecule has 5 heteroatoms. The van der Waals surface area contributed by atoms with E-state index in [1.807, 2.05) is 51.1 Å². The molecule has 22 heavy (non-hydrogen) atoms. The number of nitrogens with one attached hydrogen (secondary N) is 1. The zero-order valence-corrected chi connectivity index (χ0v) is 13.3. The van der Waals surface area contributed by atoms with E-state index in [0.717, 1.165) is 17.8 Å². The third kappa shape index (κ3) is 3.54. The van der Waals surface area contributed by atoms with Gasteiger partial charge in [-0.1, -0.05) is 31.5 Å². The molecule has 0 aliphatic heterocycles. The molecule has 1 amide bonds. The highest BCUT2D eigenvalue weighted by Crippen LogP contribution is 2.17. The van der Waals surface area contributed by atoms with Crippen molar-refractivity contribution in [1.82, 2.24) is 15.1 Å². The Kier molecular flexibility index (Phi) is 5.33. The van der Waals surface area contributed by atoms with Gasteiger partial charge in [-0.2, -0.15) is 5.10 Å². The van der Waals surface area contributed by atoms with E-state index in [1.165, 1.54) is 0 Å². The zero-order chi connectivity index (χ0) is 16.1. The topological polar surface area (TPSA) is 67.2 Å². The van der Waals surface area contributed by atoms with Gasteiger partial charge < -0.3 is 10.4 Å². The molecule has 0 bridgehead atoms. The lowest BCUT2D eigenvalue weighted by Gasteiger charge is -2.11. The molecular weight excluding hydrogens is 278 g/mol. The van der Waals surface area contributed by atoms with E-state index >= 15 is 0 Å². The van der Waals surface area contributed by atoms with Crippen LogP contribution in [0.3, 0.4) is 0 Å². The monoisotopic (exact) mass is 301 g/mol. The molecule has 1 unspecified atom stereocenters. The fourth-order valence-electron chi connectivity index (χ4n) is 2.53. The Balaban J connectivity index is 2.18. The van der Waals surface area contributed by atoms with Gasteiger partial charge in [0, 0.05) is 6.54 Å². The van der Waals surface area contributed by atoms with Gasteiger partial charge in [-0.15, -0.1) is 0 Å². The molecule has 1 aromatic heterocycles. The van der Waals surface area contributed by atoms with E-state index in [1.54, 1.807) is 4.68 Å². The Hall–Kier alpha value is -2.14. The van der Waals surface area contributed by atoms with Crippen LogP contribution in [-0.4, -0.2) is 33.4 Å². The second-order valence-electron chi connectivity index (χ2n) is 5.45. The lowest BCUT2D eigenvalue weighted by molar-refractivity contribution is 0.0909. The van der Waals surface area contributed by atoms with E-state index in [2.05, 4.69) is 10.4 Å². The summed E-state index contributed by atoms with van der Waals surface area (Å²) in [6.45, 7) is 5.97. The van der Waals surface area contributed by atoms with Crippen molar-refractivity contribution in [2.75, 3.05) is 6.54 Å². The minimum atomic E-state index is -0.501. The van der Waals surface area contributed by atoms with Gasteiger partial charge in [0.05, 0.1) is 28.7 Å². The van der Waals surface area contributed by atoms with Crippen molar-refractivity contribution in [2.45, 2.75) is 39.7 Å². The van der Waals surface area contributed by atoms with Gasteiger partial charge in [0.1, 0.15) is 0 Å². The van der Waals surface area contributed by atoms with Gasteiger partial charge in [-0.05, 0) is 32.4 Å². The van der Waals surface area contributed by atoms with Crippen molar-refractivity contribution in [3.05, 3.63) is 47.3 Å². The molecule has 0 fully saturated rings. The minimum Gasteiger partial charge on any atom is -0.391 e. The van der Waals surface area contributed by atoms with Crippen molar-refractivity contribution in [1.29, 1.82) is 0 Å². The summed E-state index contributed by atoms with van der Waals surface area (Å²) in [5.41, 5.74) is 2.98. The highest BCUT2D eigenvalue weighted by atomic mass is 16.3. The van der Waals surface area contributed by atoms with Crippen LogP contribution in [0.2, 0.25) is 0 Å². The van der Waals surface area contributed by atoms with Crippen molar-refractivity contribution >= 4 is 5.91 Å². The smallest absolute Gasteiger partial charge is 0.255 e. The van der Waals surface area contributed by atoms with Crippen molar-refractivity contribution in [3.8, 4) is 5.69 Å². The number of hydrogen-bond acceptors (Lipinski definition) is 3. The first-order valence-corrected chi connectivity index (χ1v) is 7.62. The maximum atomic E-state index is 12.4. The van der Waals surface area contributed by atoms with Crippen LogP contribution < -0.4 is 5.32 Å². The molecule has 2 rings (SSSR count). The van der Waals surface area contributed by atoms with E-state index in [-0.39, 0.29) is 12.5 Å². The number of aliphatic hydroxyl groups excluding tert-OH is 1. The molecule has 0 spiro atoms. The number of amides is 1. The van der Waals surface area contributed by atoms with Crippen molar-refractivity contribution < 1.29 is 9.90 Å². The average Bonchev–Trinajstić information content (AvgIpc) is 2.81. The maximum Gasteiger partial charge on any atom is 0.255 e. The standard InChI is InChI=1S/C17H23N3O2/c1-4-8-15(21)11-18-17(22)16-12(2)19-20(13(16)3)14-9-6-5-7-10-14/h5-7,9-10,15,21H,4,8,11H2,1-3H3,(H,18,22). The molecule has 1 atom stereocenters. The minimum absolute atomic E-state index is 0.188. The van der Waals surface area contributed by atoms with Gasteiger partial charge in [0.25, 0.3) is 5.91 Å². The first-order valence-electron chi connectivity index (χ1n) is 7.62. The van der Waals surface area contributed by atoms with Crippen LogP contribution in [0.25, 0.3) is 5.69 Å². The fourth-order valence-corrected chi connectivity index (χ4v) is 2.53. The second kappa shape index (κ2) is 7.22. The molecule has 0 aliphatic rings. The molecule has 1 heterocycles. The largest absolute Gasteiger partial charge is 0.391 e. The molecule has 2 N–H and O–H groups in total. The van der Waals surface area contributed by atoms with Gasteiger partial charge in [-0.3, -0.25) is 4.79 Å². The summed E-state index contributed by atoms with van der Waals surface area (Å²) in [4.78, 5) is 12.4. The fraction of sp³-hybridized carbons (Fsp3) is 0.412. The quantitative estimate of drug-likeness (QED) is 0.861. The molecule has 1 aromatic carbocycles. The third-order valence-corrected chi connectivity index (χ3v) is 3.64. The molecule has 2 aromatic rings. The van der Waals surface area contributed by atoms with Crippen LogP contribution >= 0.6 is 0 Å². The SMILES string of the molecule is CCCC(O)CNC(=O)c1c(C)nn(-c2ccccc2)c1C. The van der Waals surface area contributed by atoms with Crippen LogP contribution in [0, 0.1) is 13.8 Å². The Morgan fingerprint density at radius 2 is 2.00 bits per heavy atom. The summed E-state index contributed by atoms with van der Waals surface area (Å²) in [6, 6.07) is 9.72. The number of aromatic nitrogens is 2. The van der Waals surface area contributed by atoms with Crippen LogP contribution in [0.1, 0.15) is 41.5 Å². The summed E-state index contributed by atoms with van der Waals surface area (Å²) >= 11 is 0.